The first-order valence-electron chi connectivity index (χ1n) is 8.48. The third kappa shape index (κ3) is 5.46. The van der Waals surface area contributed by atoms with E-state index in [4.69, 9.17) is 0 Å². The van der Waals surface area contributed by atoms with Crippen molar-refractivity contribution in [3.63, 3.8) is 0 Å². The number of carbonyl (C=O) groups excluding carboxylic acids is 3. The lowest BCUT2D eigenvalue weighted by molar-refractivity contribution is -0.123. The van der Waals surface area contributed by atoms with Gasteiger partial charge in [-0.2, -0.15) is 0 Å². The Morgan fingerprint density at radius 1 is 1.11 bits per heavy atom. The van der Waals surface area contributed by atoms with Gasteiger partial charge < -0.3 is 5.32 Å². The molecule has 144 valence electrons. The van der Waals surface area contributed by atoms with Gasteiger partial charge in [0.05, 0.1) is 10.7 Å². The van der Waals surface area contributed by atoms with Crippen LogP contribution in [0.15, 0.2) is 64.4 Å². The van der Waals surface area contributed by atoms with E-state index in [2.05, 4.69) is 5.32 Å². The molecule has 0 radical (unpaired) electrons. The normalized spacial score (nSPS) is 15.3. The predicted molar refractivity (Wildman–Crippen MR) is 109 cm³/mol. The monoisotopic (exact) mass is 416 g/mol. The van der Waals surface area contributed by atoms with E-state index in [0.717, 1.165) is 27.1 Å². The van der Waals surface area contributed by atoms with Crippen molar-refractivity contribution in [3.8, 4) is 0 Å². The van der Waals surface area contributed by atoms with Gasteiger partial charge in [0, 0.05) is 18.0 Å². The van der Waals surface area contributed by atoms with E-state index in [1.54, 1.807) is 18.2 Å². The summed E-state index contributed by atoms with van der Waals surface area (Å²) in [7, 11) is 0. The van der Waals surface area contributed by atoms with E-state index in [-0.39, 0.29) is 41.7 Å². The Morgan fingerprint density at radius 3 is 2.54 bits per heavy atom. The lowest BCUT2D eigenvalue weighted by Crippen LogP contribution is -2.37. The minimum atomic E-state index is -0.353. The first-order chi connectivity index (χ1) is 13.5. The van der Waals surface area contributed by atoms with E-state index in [0.29, 0.717) is 4.91 Å². The van der Waals surface area contributed by atoms with Gasteiger partial charge in [0.25, 0.3) is 11.1 Å². The number of rotatable bonds is 7. The lowest BCUT2D eigenvalue weighted by atomic mass is 10.2. The Morgan fingerprint density at radius 2 is 1.82 bits per heavy atom. The van der Waals surface area contributed by atoms with Gasteiger partial charge in [-0.3, -0.25) is 19.3 Å². The highest BCUT2D eigenvalue weighted by molar-refractivity contribution is 8.18. The topological polar surface area (TPSA) is 66.5 Å². The van der Waals surface area contributed by atoms with Crippen LogP contribution in [-0.4, -0.2) is 40.8 Å². The second kappa shape index (κ2) is 9.57. The van der Waals surface area contributed by atoms with Gasteiger partial charge in [-0.1, -0.05) is 30.3 Å². The zero-order valence-electron chi connectivity index (χ0n) is 14.8. The number of halogens is 1. The molecular formula is C20H17FN2O3S2. The van der Waals surface area contributed by atoms with E-state index in [1.165, 1.54) is 23.9 Å². The second-order valence-electron chi connectivity index (χ2n) is 5.84. The van der Waals surface area contributed by atoms with E-state index in [9.17, 15) is 18.8 Å². The maximum Gasteiger partial charge on any atom is 0.293 e. The van der Waals surface area contributed by atoms with Crippen molar-refractivity contribution in [1.29, 1.82) is 0 Å². The van der Waals surface area contributed by atoms with Crippen LogP contribution in [0, 0.1) is 5.82 Å². The summed E-state index contributed by atoms with van der Waals surface area (Å²) in [6.45, 7) is 0.295. The molecule has 8 heteroatoms. The minimum Gasteiger partial charge on any atom is -0.354 e. The summed E-state index contributed by atoms with van der Waals surface area (Å²) in [6, 6.07) is 15.2. The molecule has 1 fully saturated rings. The van der Waals surface area contributed by atoms with Crippen LogP contribution in [-0.2, 0) is 9.59 Å². The first-order valence-corrected chi connectivity index (χ1v) is 10.3. The molecule has 0 aromatic heterocycles. The molecule has 1 aliphatic heterocycles. The fourth-order valence-electron chi connectivity index (χ4n) is 2.43. The number of hydrogen-bond acceptors (Lipinski definition) is 5. The van der Waals surface area contributed by atoms with Crippen LogP contribution in [0.4, 0.5) is 9.18 Å². The van der Waals surface area contributed by atoms with Crippen LogP contribution >= 0.6 is 23.5 Å². The van der Waals surface area contributed by atoms with Gasteiger partial charge in [-0.15, -0.1) is 11.8 Å². The first kappa shape index (κ1) is 20.2. The summed E-state index contributed by atoms with van der Waals surface area (Å²) >= 11 is 2.18. The van der Waals surface area contributed by atoms with Gasteiger partial charge in [0.1, 0.15) is 5.82 Å². The van der Waals surface area contributed by atoms with Gasteiger partial charge in [0.15, 0.2) is 0 Å². The molecule has 3 amide bonds. The standard InChI is InChI=1S/C20H17FN2O3S2/c21-15-6-8-16(9-7-15)27-13-18(24)22-10-11-23-19(25)17(28-20(23)26)12-14-4-2-1-3-5-14/h1-9,12H,10-11,13H2,(H,22,24)/b17-12-. The average molecular weight is 416 g/mol. The number of amides is 3. The fraction of sp³-hybridized carbons (Fsp3) is 0.150. The summed E-state index contributed by atoms with van der Waals surface area (Å²) in [6.07, 6.45) is 1.68. The second-order valence-corrected chi connectivity index (χ2v) is 7.88. The molecule has 1 aliphatic rings. The van der Waals surface area contributed by atoms with Crippen molar-refractivity contribution in [3.05, 3.63) is 70.9 Å². The van der Waals surface area contributed by atoms with E-state index >= 15 is 0 Å². The number of nitrogens with zero attached hydrogens (tertiary/aromatic N) is 1. The maximum atomic E-state index is 12.9. The Balaban J connectivity index is 1.46. The predicted octanol–water partition coefficient (Wildman–Crippen LogP) is 3.77. The van der Waals surface area contributed by atoms with Gasteiger partial charge in [-0.25, -0.2) is 4.39 Å². The van der Waals surface area contributed by atoms with E-state index in [1.807, 2.05) is 30.3 Å². The maximum absolute atomic E-state index is 12.9. The largest absolute Gasteiger partial charge is 0.354 e. The van der Waals surface area contributed by atoms with Crippen LogP contribution in [0.3, 0.4) is 0 Å². The molecule has 0 bridgehead atoms. The zero-order chi connectivity index (χ0) is 19.9. The van der Waals surface area contributed by atoms with Crippen molar-refractivity contribution in [2.45, 2.75) is 4.90 Å². The Hall–Kier alpha value is -2.58. The average Bonchev–Trinajstić information content (AvgIpc) is 2.95. The lowest BCUT2D eigenvalue weighted by Gasteiger charge is -2.13. The number of imide groups is 1. The molecule has 1 heterocycles. The van der Waals surface area contributed by atoms with Crippen molar-refractivity contribution in [2.75, 3.05) is 18.8 Å². The number of carbonyl (C=O) groups is 3. The highest BCUT2D eigenvalue weighted by Crippen LogP contribution is 2.31. The Labute approximate surface area is 170 Å². The minimum absolute atomic E-state index is 0.115. The highest BCUT2D eigenvalue weighted by atomic mass is 32.2. The molecule has 0 saturated carbocycles. The third-order valence-electron chi connectivity index (χ3n) is 3.81. The number of thioether (sulfide) groups is 2. The summed E-state index contributed by atoms with van der Waals surface area (Å²) in [4.78, 5) is 38.7. The van der Waals surface area contributed by atoms with Crippen molar-refractivity contribution < 1.29 is 18.8 Å². The smallest absolute Gasteiger partial charge is 0.293 e. The molecule has 1 N–H and O–H groups in total. The van der Waals surface area contributed by atoms with Crippen molar-refractivity contribution >= 4 is 46.7 Å². The van der Waals surface area contributed by atoms with Crippen LogP contribution in [0.5, 0.6) is 0 Å². The quantitative estimate of drug-likeness (QED) is 0.550. The molecule has 0 aliphatic carbocycles. The molecule has 0 atom stereocenters. The Kier molecular flexibility index (Phi) is 6.89. The van der Waals surface area contributed by atoms with E-state index < -0.39 is 0 Å². The molecule has 1 saturated heterocycles. The van der Waals surface area contributed by atoms with Gasteiger partial charge in [-0.05, 0) is 47.7 Å². The fourth-order valence-corrected chi connectivity index (χ4v) is 4.02. The van der Waals surface area contributed by atoms with Gasteiger partial charge in [0.2, 0.25) is 5.91 Å². The summed E-state index contributed by atoms with van der Waals surface area (Å²) in [5.41, 5.74) is 0.846. The number of benzene rings is 2. The van der Waals surface area contributed by atoms with Crippen LogP contribution < -0.4 is 5.32 Å². The molecule has 5 nitrogen and oxygen atoms in total. The van der Waals surface area contributed by atoms with Crippen molar-refractivity contribution in [2.24, 2.45) is 0 Å². The molecule has 0 unspecified atom stereocenters. The zero-order valence-corrected chi connectivity index (χ0v) is 16.4. The SMILES string of the molecule is O=C(CSc1ccc(F)cc1)NCCN1C(=O)S/C(=C\c2ccccc2)C1=O. The molecule has 3 rings (SSSR count). The molecule has 2 aromatic carbocycles. The molecule has 28 heavy (non-hydrogen) atoms. The van der Waals surface area contributed by atoms with Gasteiger partial charge >= 0.3 is 0 Å². The van der Waals surface area contributed by atoms with Crippen LogP contribution in [0.2, 0.25) is 0 Å². The van der Waals surface area contributed by atoms with Crippen molar-refractivity contribution in [1.82, 2.24) is 10.2 Å². The van der Waals surface area contributed by atoms with Crippen LogP contribution in [0.1, 0.15) is 5.56 Å². The number of nitrogens with one attached hydrogen (secondary N) is 1. The molecule has 0 spiro atoms. The molecular weight excluding hydrogens is 399 g/mol. The van der Waals surface area contributed by atoms with Crippen LogP contribution in [0.25, 0.3) is 6.08 Å². The summed E-state index contributed by atoms with van der Waals surface area (Å²) < 4.78 is 12.9. The highest BCUT2D eigenvalue weighted by Gasteiger charge is 2.34. The number of hydrogen-bond donors (Lipinski definition) is 1. The third-order valence-corrected chi connectivity index (χ3v) is 5.73. The molecule has 2 aromatic rings. The summed E-state index contributed by atoms with van der Waals surface area (Å²) in [5.74, 6) is -0.733. The Bertz CT molecular complexity index is 901. The summed E-state index contributed by atoms with van der Waals surface area (Å²) in [5, 5.41) is 2.34.